The fourth-order valence-corrected chi connectivity index (χ4v) is 2.46. The Bertz CT molecular complexity index is 511. The molecule has 1 aliphatic heterocycles. The van der Waals surface area contributed by atoms with Gasteiger partial charge in [-0.05, 0) is 18.4 Å². The Balaban J connectivity index is 2.26. The van der Waals surface area contributed by atoms with Crippen LogP contribution < -0.4 is 0 Å². The van der Waals surface area contributed by atoms with E-state index in [1.165, 1.54) is 18.2 Å². The molecule has 2 N–H and O–H groups in total. The van der Waals surface area contributed by atoms with E-state index in [1.54, 1.807) is 11.0 Å². The lowest BCUT2D eigenvalue weighted by Crippen LogP contribution is -2.41. The molecule has 0 aliphatic carbocycles. The smallest absolute Gasteiger partial charge is 0.325 e. The van der Waals surface area contributed by atoms with Gasteiger partial charge in [-0.15, -0.1) is 0 Å². The summed E-state index contributed by atoms with van der Waals surface area (Å²) in [5.74, 6) is -1.04. The topological polar surface area (TPSA) is 104 Å². The van der Waals surface area contributed by atoms with Gasteiger partial charge in [0.1, 0.15) is 6.04 Å². The van der Waals surface area contributed by atoms with Crippen molar-refractivity contribution < 1.29 is 19.9 Å². The Hall–Kier alpha value is -1.99. The minimum absolute atomic E-state index is 0.120. The normalized spacial score (nSPS) is 18.6. The van der Waals surface area contributed by atoms with Crippen molar-refractivity contribution in [2.45, 2.75) is 25.0 Å². The highest BCUT2D eigenvalue weighted by molar-refractivity contribution is 5.76. The predicted molar refractivity (Wildman–Crippen MR) is 70.3 cm³/mol. The number of aliphatic carboxylic acids is 1. The summed E-state index contributed by atoms with van der Waals surface area (Å²) in [6.07, 6.45) is 0.628. The monoisotopic (exact) mass is 280 g/mol. The number of aliphatic hydroxyl groups is 1. The largest absolute Gasteiger partial charge is 0.480 e. The van der Waals surface area contributed by atoms with Crippen molar-refractivity contribution in [3.63, 3.8) is 0 Å². The molecule has 0 bridgehead atoms. The van der Waals surface area contributed by atoms with E-state index >= 15 is 0 Å². The molecule has 1 heterocycles. The Morgan fingerprint density at radius 3 is 2.60 bits per heavy atom. The Morgan fingerprint density at radius 2 is 2.05 bits per heavy atom. The third kappa shape index (κ3) is 3.12. The molecule has 0 radical (unpaired) electrons. The van der Waals surface area contributed by atoms with Crippen LogP contribution in [0, 0.1) is 10.1 Å². The van der Waals surface area contributed by atoms with Gasteiger partial charge in [-0.1, -0.05) is 12.1 Å². The Labute approximate surface area is 115 Å². The standard InChI is InChI=1S/C13H16N2O5/c16-11-4-6-14(7-5-11)12(13(17)18)9-2-1-3-10(8-9)15(19)20/h1-3,8,11-12,16H,4-7H2,(H,17,18). The van der Waals surface area contributed by atoms with Crippen LogP contribution >= 0.6 is 0 Å². The van der Waals surface area contributed by atoms with Crippen LogP contribution in [0.3, 0.4) is 0 Å². The molecular weight excluding hydrogens is 264 g/mol. The van der Waals surface area contributed by atoms with E-state index in [0.29, 0.717) is 31.5 Å². The van der Waals surface area contributed by atoms with Gasteiger partial charge in [0.25, 0.3) is 5.69 Å². The molecule has 1 unspecified atom stereocenters. The Kier molecular flexibility index (Phi) is 4.31. The van der Waals surface area contributed by atoms with Crippen molar-refractivity contribution in [2.24, 2.45) is 0 Å². The van der Waals surface area contributed by atoms with Crippen LogP contribution in [-0.2, 0) is 4.79 Å². The molecule has 108 valence electrons. The highest BCUT2D eigenvalue weighted by atomic mass is 16.6. The molecule has 0 spiro atoms. The van der Waals surface area contributed by atoms with Crippen molar-refractivity contribution >= 4 is 11.7 Å². The summed E-state index contributed by atoms with van der Waals surface area (Å²) in [6, 6.07) is 4.79. The summed E-state index contributed by atoms with van der Waals surface area (Å²) >= 11 is 0. The van der Waals surface area contributed by atoms with Gasteiger partial charge in [0.05, 0.1) is 11.0 Å². The number of hydrogen-bond acceptors (Lipinski definition) is 5. The van der Waals surface area contributed by atoms with Crippen molar-refractivity contribution in [3.8, 4) is 0 Å². The fraction of sp³-hybridized carbons (Fsp3) is 0.462. The van der Waals surface area contributed by atoms with Gasteiger partial charge in [-0.2, -0.15) is 0 Å². The predicted octanol–water partition coefficient (Wildman–Crippen LogP) is 1.18. The lowest BCUT2D eigenvalue weighted by molar-refractivity contribution is -0.384. The number of carboxylic acid groups (broad SMARTS) is 1. The van der Waals surface area contributed by atoms with E-state index in [0.717, 1.165) is 0 Å². The first kappa shape index (κ1) is 14.4. The summed E-state index contributed by atoms with van der Waals surface area (Å²) < 4.78 is 0. The second kappa shape index (κ2) is 5.98. The van der Waals surface area contributed by atoms with E-state index in [9.17, 15) is 25.1 Å². The average molecular weight is 280 g/mol. The zero-order valence-electron chi connectivity index (χ0n) is 10.8. The average Bonchev–Trinajstić information content (AvgIpc) is 2.41. The summed E-state index contributed by atoms with van der Waals surface area (Å²) in [4.78, 5) is 23.5. The number of nitrogens with zero attached hydrogens (tertiary/aromatic N) is 2. The molecule has 2 rings (SSSR count). The number of aliphatic hydroxyl groups excluding tert-OH is 1. The first-order valence-corrected chi connectivity index (χ1v) is 6.38. The molecule has 1 aromatic carbocycles. The number of carbonyl (C=O) groups is 1. The van der Waals surface area contributed by atoms with Crippen LogP contribution in [-0.4, -0.2) is 45.2 Å². The summed E-state index contributed by atoms with van der Waals surface area (Å²) in [5.41, 5.74) is 0.272. The summed E-state index contributed by atoms with van der Waals surface area (Å²) in [6.45, 7) is 0.918. The number of hydrogen-bond donors (Lipinski definition) is 2. The van der Waals surface area contributed by atoms with E-state index in [-0.39, 0.29) is 5.69 Å². The highest BCUT2D eigenvalue weighted by Gasteiger charge is 2.31. The molecule has 0 saturated carbocycles. The van der Waals surface area contributed by atoms with E-state index in [1.807, 2.05) is 0 Å². The van der Waals surface area contributed by atoms with Crippen molar-refractivity contribution in [2.75, 3.05) is 13.1 Å². The maximum absolute atomic E-state index is 11.5. The number of likely N-dealkylation sites (tertiary alicyclic amines) is 1. The Morgan fingerprint density at radius 1 is 1.40 bits per heavy atom. The minimum atomic E-state index is -1.04. The molecule has 20 heavy (non-hydrogen) atoms. The molecule has 7 nitrogen and oxygen atoms in total. The second-order valence-corrected chi connectivity index (χ2v) is 4.86. The molecular formula is C13H16N2O5. The first-order valence-electron chi connectivity index (χ1n) is 6.38. The molecule has 7 heteroatoms. The van der Waals surface area contributed by atoms with Crippen LogP contribution in [0.2, 0.25) is 0 Å². The SMILES string of the molecule is O=C(O)C(c1cccc([N+](=O)[O-])c1)N1CCC(O)CC1. The second-order valence-electron chi connectivity index (χ2n) is 4.86. The van der Waals surface area contributed by atoms with Gasteiger partial charge < -0.3 is 10.2 Å². The van der Waals surface area contributed by atoms with E-state index in [4.69, 9.17) is 0 Å². The molecule has 1 fully saturated rings. The van der Waals surface area contributed by atoms with E-state index < -0.39 is 23.0 Å². The van der Waals surface area contributed by atoms with E-state index in [2.05, 4.69) is 0 Å². The molecule has 0 amide bonds. The van der Waals surface area contributed by atoms with Crippen molar-refractivity contribution in [1.29, 1.82) is 0 Å². The van der Waals surface area contributed by atoms with Crippen LogP contribution in [0.15, 0.2) is 24.3 Å². The lowest BCUT2D eigenvalue weighted by Gasteiger charge is -2.34. The number of non-ortho nitro benzene ring substituents is 1. The van der Waals surface area contributed by atoms with Crippen LogP contribution in [0.1, 0.15) is 24.4 Å². The van der Waals surface area contributed by atoms with Crippen LogP contribution in [0.5, 0.6) is 0 Å². The third-order valence-corrected chi connectivity index (χ3v) is 3.49. The van der Waals surface area contributed by atoms with Gasteiger partial charge in [-0.3, -0.25) is 19.8 Å². The first-order chi connectivity index (χ1) is 9.49. The maximum Gasteiger partial charge on any atom is 0.325 e. The van der Waals surface area contributed by atoms with Crippen LogP contribution in [0.25, 0.3) is 0 Å². The molecule has 1 atom stereocenters. The van der Waals surface area contributed by atoms with Gasteiger partial charge >= 0.3 is 5.97 Å². The number of piperidine rings is 1. The molecule has 0 aromatic heterocycles. The fourth-order valence-electron chi connectivity index (χ4n) is 2.46. The minimum Gasteiger partial charge on any atom is -0.480 e. The molecule has 1 aliphatic rings. The van der Waals surface area contributed by atoms with Gasteiger partial charge in [0.15, 0.2) is 0 Å². The summed E-state index contributed by atoms with van der Waals surface area (Å²) in [7, 11) is 0. The van der Waals surface area contributed by atoms with Crippen molar-refractivity contribution in [3.05, 3.63) is 39.9 Å². The van der Waals surface area contributed by atoms with Gasteiger partial charge in [0.2, 0.25) is 0 Å². The highest BCUT2D eigenvalue weighted by Crippen LogP contribution is 2.27. The van der Waals surface area contributed by atoms with Crippen molar-refractivity contribution in [1.82, 2.24) is 4.90 Å². The quantitative estimate of drug-likeness (QED) is 0.634. The lowest BCUT2D eigenvalue weighted by atomic mass is 10.00. The van der Waals surface area contributed by atoms with Crippen LogP contribution in [0.4, 0.5) is 5.69 Å². The number of nitro benzene ring substituents is 1. The zero-order valence-corrected chi connectivity index (χ0v) is 10.8. The maximum atomic E-state index is 11.5. The number of benzene rings is 1. The number of rotatable bonds is 4. The summed E-state index contributed by atoms with van der Waals surface area (Å²) in [5, 5.41) is 29.6. The van der Waals surface area contributed by atoms with Gasteiger partial charge in [-0.25, -0.2) is 0 Å². The number of carboxylic acids is 1. The molecule has 1 saturated heterocycles. The molecule has 1 aromatic rings. The van der Waals surface area contributed by atoms with Gasteiger partial charge in [0, 0.05) is 25.2 Å². The zero-order chi connectivity index (χ0) is 14.7. The third-order valence-electron chi connectivity index (χ3n) is 3.49. The number of nitro groups is 1.